The molecular formula is C17H22N6O4S2. The fraction of sp³-hybridized carbons (Fsp3) is 0.412. The van der Waals surface area contributed by atoms with Crippen molar-refractivity contribution < 1.29 is 16.8 Å². The van der Waals surface area contributed by atoms with Crippen molar-refractivity contribution in [1.29, 1.82) is 0 Å². The molecule has 1 fully saturated rings. The van der Waals surface area contributed by atoms with Gasteiger partial charge in [0.1, 0.15) is 16.7 Å². The first kappa shape index (κ1) is 20.0. The number of hydrogen-bond donors (Lipinski definition) is 2. The number of nitrogens with zero attached hydrogens (tertiary/aromatic N) is 4. The maximum Gasteiger partial charge on any atom is 0.217 e. The average molecular weight is 439 g/mol. The van der Waals surface area contributed by atoms with E-state index in [0.717, 1.165) is 18.2 Å². The van der Waals surface area contributed by atoms with Crippen molar-refractivity contribution in [2.45, 2.75) is 30.9 Å². The van der Waals surface area contributed by atoms with E-state index in [2.05, 4.69) is 10.1 Å². The summed E-state index contributed by atoms with van der Waals surface area (Å²) in [4.78, 5) is 4.47. The molecule has 12 heteroatoms. The highest BCUT2D eigenvalue weighted by Crippen LogP contribution is 2.43. The minimum absolute atomic E-state index is 0.195. The fourth-order valence-electron chi connectivity index (χ4n) is 3.86. The second-order valence-electron chi connectivity index (χ2n) is 7.45. The van der Waals surface area contributed by atoms with Gasteiger partial charge in [-0.15, -0.1) is 0 Å². The van der Waals surface area contributed by atoms with Gasteiger partial charge in [-0.25, -0.2) is 32.1 Å². The molecule has 1 aliphatic carbocycles. The monoisotopic (exact) mass is 438 g/mol. The molecule has 0 aromatic carbocycles. The Morgan fingerprint density at radius 2 is 1.90 bits per heavy atom. The van der Waals surface area contributed by atoms with Gasteiger partial charge in [0.25, 0.3) is 0 Å². The Hall–Kier alpha value is -2.28. The van der Waals surface area contributed by atoms with E-state index in [1.54, 1.807) is 30.9 Å². The van der Waals surface area contributed by atoms with Gasteiger partial charge < -0.3 is 0 Å². The molecule has 0 saturated heterocycles. The first-order valence-corrected chi connectivity index (χ1v) is 12.3. The molecule has 4 rings (SSSR count). The van der Waals surface area contributed by atoms with Crippen LogP contribution in [-0.2, 0) is 27.1 Å². The highest BCUT2D eigenvalue weighted by atomic mass is 32.2. The zero-order valence-corrected chi connectivity index (χ0v) is 17.6. The molecule has 0 radical (unpaired) electrons. The zero-order chi connectivity index (χ0) is 21.1. The number of primary sulfonamides is 2. The van der Waals surface area contributed by atoms with Crippen molar-refractivity contribution in [2.24, 2.45) is 17.3 Å². The molecule has 3 heterocycles. The quantitative estimate of drug-likeness (QED) is 0.573. The molecule has 1 saturated carbocycles. The van der Waals surface area contributed by atoms with Gasteiger partial charge in [0, 0.05) is 30.4 Å². The highest BCUT2D eigenvalue weighted by molar-refractivity contribution is 7.93. The van der Waals surface area contributed by atoms with E-state index < -0.39 is 31.0 Å². The summed E-state index contributed by atoms with van der Waals surface area (Å²) < 4.78 is 51.3. The molecule has 29 heavy (non-hydrogen) atoms. The topological polar surface area (TPSA) is 156 Å². The van der Waals surface area contributed by atoms with Crippen LogP contribution >= 0.6 is 0 Å². The van der Waals surface area contributed by atoms with Gasteiger partial charge in [0.05, 0.1) is 11.4 Å². The molecule has 156 valence electrons. The lowest BCUT2D eigenvalue weighted by Crippen LogP contribution is -2.32. The predicted molar refractivity (Wildman–Crippen MR) is 108 cm³/mol. The van der Waals surface area contributed by atoms with E-state index in [0.29, 0.717) is 23.1 Å². The van der Waals surface area contributed by atoms with Crippen LogP contribution in [-0.4, -0.2) is 41.9 Å². The lowest BCUT2D eigenvalue weighted by atomic mass is 10.1. The maximum absolute atomic E-state index is 12.3. The van der Waals surface area contributed by atoms with Crippen LogP contribution < -0.4 is 10.3 Å². The van der Waals surface area contributed by atoms with Crippen LogP contribution in [0.1, 0.15) is 40.8 Å². The van der Waals surface area contributed by atoms with Gasteiger partial charge in [-0.1, -0.05) is 0 Å². The van der Waals surface area contributed by atoms with Gasteiger partial charge in [-0.3, -0.25) is 9.25 Å². The third-order valence-electron chi connectivity index (χ3n) is 5.21. The summed E-state index contributed by atoms with van der Waals surface area (Å²) in [5.41, 5.74) is 2.38. The van der Waals surface area contributed by atoms with Crippen LogP contribution in [0.2, 0.25) is 0 Å². The standard InChI is InChI=1S/C17H22N6O4S2/c1-10-15(14(29(19,26)27)9-28(18,24)25)17(22(2)21-10)23-8-6-13-12(11-3-4-11)5-7-20-16(13)23/h5-8,11,14H,3-4,9H2,1-2H3,(H2,18,24,25)(H2,19,26,27)/t14-/m1/s1. The molecule has 0 bridgehead atoms. The largest absolute Gasteiger partial charge is 0.285 e. The van der Waals surface area contributed by atoms with Crippen LogP contribution in [0.3, 0.4) is 0 Å². The number of aryl methyl sites for hydroxylation is 2. The summed E-state index contributed by atoms with van der Waals surface area (Å²) in [6, 6.07) is 3.92. The lowest BCUT2D eigenvalue weighted by Gasteiger charge is -2.17. The zero-order valence-electron chi connectivity index (χ0n) is 16.0. The van der Waals surface area contributed by atoms with Crippen LogP contribution in [0.25, 0.3) is 16.9 Å². The predicted octanol–water partition coefficient (Wildman–Crippen LogP) is 0.563. The number of fused-ring (bicyclic) bond motifs is 1. The fourth-order valence-corrected chi connectivity index (χ4v) is 6.38. The van der Waals surface area contributed by atoms with Gasteiger partial charge in [-0.05, 0) is 43.4 Å². The van der Waals surface area contributed by atoms with Gasteiger partial charge >= 0.3 is 0 Å². The lowest BCUT2D eigenvalue weighted by molar-refractivity contribution is 0.577. The molecular weight excluding hydrogens is 416 g/mol. The van der Waals surface area contributed by atoms with Gasteiger partial charge in [-0.2, -0.15) is 5.10 Å². The number of aromatic nitrogens is 4. The molecule has 10 nitrogen and oxygen atoms in total. The van der Waals surface area contributed by atoms with E-state index in [9.17, 15) is 16.8 Å². The van der Waals surface area contributed by atoms with Crippen molar-refractivity contribution in [3.63, 3.8) is 0 Å². The molecule has 0 unspecified atom stereocenters. The molecule has 3 aromatic rings. The van der Waals surface area contributed by atoms with E-state index >= 15 is 0 Å². The van der Waals surface area contributed by atoms with Crippen LogP contribution in [0.5, 0.6) is 0 Å². The average Bonchev–Trinajstić information content (AvgIpc) is 3.28. The van der Waals surface area contributed by atoms with Crippen molar-refractivity contribution in [3.8, 4) is 5.82 Å². The molecule has 1 atom stereocenters. The number of rotatable bonds is 6. The third-order valence-corrected chi connectivity index (χ3v) is 7.41. The molecule has 1 aliphatic rings. The van der Waals surface area contributed by atoms with Crippen LogP contribution in [0.15, 0.2) is 24.5 Å². The second-order valence-corrected chi connectivity index (χ2v) is 10.9. The summed E-state index contributed by atoms with van der Waals surface area (Å²) in [5, 5.41) is 14.3. The molecule has 0 aliphatic heterocycles. The van der Waals surface area contributed by atoms with Crippen LogP contribution in [0.4, 0.5) is 0 Å². The summed E-state index contributed by atoms with van der Waals surface area (Å²) in [7, 11) is -6.75. The first-order chi connectivity index (χ1) is 13.5. The summed E-state index contributed by atoms with van der Waals surface area (Å²) in [5.74, 6) is 0.0509. The molecule has 0 amide bonds. The summed E-state index contributed by atoms with van der Waals surface area (Å²) in [6.07, 6.45) is 5.75. The van der Waals surface area contributed by atoms with Crippen molar-refractivity contribution in [2.75, 3.05) is 5.75 Å². The normalized spacial score (nSPS) is 16.4. The van der Waals surface area contributed by atoms with E-state index in [1.165, 1.54) is 10.2 Å². The Kier molecular flexibility index (Phi) is 4.57. The van der Waals surface area contributed by atoms with Gasteiger partial charge in [0.15, 0.2) is 0 Å². The first-order valence-electron chi connectivity index (χ1n) is 8.99. The number of pyridine rings is 1. The third kappa shape index (κ3) is 3.68. The van der Waals surface area contributed by atoms with E-state index in [1.807, 2.05) is 12.1 Å². The smallest absolute Gasteiger partial charge is 0.217 e. The maximum atomic E-state index is 12.3. The highest BCUT2D eigenvalue weighted by Gasteiger charge is 2.35. The molecule has 4 N–H and O–H groups in total. The Bertz CT molecular complexity index is 1320. The van der Waals surface area contributed by atoms with Gasteiger partial charge in [0.2, 0.25) is 20.0 Å². The molecule has 0 spiro atoms. The second kappa shape index (κ2) is 6.62. The Balaban J connectivity index is 1.97. The number of sulfonamides is 2. The summed E-state index contributed by atoms with van der Waals surface area (Å²) >= 11 is 0. The van der Waals surface area contributed by atoms with Crippen molar-refractivity contribution >= 4 is 31.1 Å². The van der Waals surface area contributed by atoms with E-state index in [4.69, 9.17) is 10.3 Å². The Morgan fingerprint density at radius 1 is 1.21 bits per heavy atom. The number of hydrogen-bond acceptors (Lipinski definition) is 6. The van der Waals surface area contributed by atoms with Crippen molar-refractivity contribution in [3.05, 3.63) is 41.3 Å². The SMILES string of the molecule is Cc1nn(C)c(-n2ccc3c(C4CC4)ccnc32)c1[C@@H](CS(N)(=O)=O)S(N)(=O)=O. The minimum atomic E-state index is -4.29. The Morgan fingerprint density at radius 3 is 2.48 bits per heavy atom. The number of nitrogens with two attached hydrogens (primary N) is 2. The van der Waals surface area contributed by atoms with E-state index in [-0.39, 0.29) is 5.56 Å². The minimum Gasteiger partial charge on any atom is -0.285 e. The Labute approximate surface area is 168 Å². The summed E-state index contributed by atoms with van der Waals surface area (Å²) in [6.45, 7) is 1.61. The van der Waals surface area contributed by atoms with Crippen molar-refractivity contribution in [1.82, 2.24) is 19.3 Å². The molecule has 3 aromatic heterocycles. The van der Waals surface area contributed by atoms with Crippen LogP contribution in [0, 0.1) is 6.92 Å².